The zero-order valence-corrected chi connectivity index (χ0v) is 9.87. The summed E-state index contributed by atoms with van der Waals surface area (Å²) in [5.74, 6) is 1.01. The Morgan fingerprint density at radius 3 is 2.71 bits per heavy atom. The summed E-state index contributed by atoms with van der Waals surface area (Å²) < 4.78 is 0. The van der Waals surface area contributed by atoms with Crippen LogP contribution in [0.2, 0.25) is 0 Å². The second kappa shape index (κ2) is 4.94. The van der Waals surface area contributed by atoms with Crippen molar-refractivity contribution in [1.82, 2.24) is 0 Å². The minimum atomic E-state index is 0.988. The molecule has 3 atom stereocenters. The first-order valence-electron chi connectivity index (χ1n) is 5.71. The minimum Gasteiger partial charge on any atom is -0.0869 e. The fourth-order valence-electron chi connectivity index (χ4n) is 2.46. The largest absolute Gasteiger partial charge is 0.0869 e. The van der Waals surface area contributed by atoms with Crippen LogP contribution in [0.5, 0.6) is 0 Å². The van der Waals surface area contributed by atoms with Crippen LogP contribution in [-0.2, 0) is 0 Å². The third-order valence-corrected chi connectivity index (χ3v) is 5.11. The van der Waals surface area contributed by atoms with Crippen LogP contribution >= 0.6 is 8.58 Å². The van der Waals surface area contributed by atoms with Crippen molar-refractivity contribution in [3.05, 3.63) is 30.3 Å². The molecule has 1 fully saturated rings. The number of hydrogen-bond donors (Lipinski definition) is 0. The van der Waals surface area contributed by atoms with Crippen LogP contribution in [0, 0.1) is 5.92 Å². The molecule has 2 unspecified atom stereocenters. The number of hydrogen-bond acceptors (Lipinski definition) is 0. The maximum Gasteiger partial charge on any atom is -0.0168 e. The van der Waals surface area contributed by atoms with E-state index in [1.165, 1.54) is 25.7 Å². The van der Waals surface area contributed by atoms with Gasteiger partial charge in [0.25, 0.3) is 0 Å². The molecule has 2 rings (SSSR count). The Morgan fingerprint density at radius 2 is 2.00 bits per heavy atom. The van der Waals surface area contributed by atoms with Crippen LogP contribution in [0.4, 0.5) is 0 Å². The smallest absolute Gasteiger partial charge is 0.0168 e. The summed E-state index contributed by atoms with van der Waals surface area (Å²) in [4.78, 5) is 0. The third-order valence-electron chi connectivity index (χ3n) is 3.31. The second-order valence-corrected chi connectivity index (χ2v) is 5.82. The summed E-state index contributed by atoms with van der Waals surface area (Å²) in [5, 5.41) is 1.55. The molecular formula is C13H19P. The summed E-state index contributed by atoms with van der Waals surface area (Å²) >= 11 is 0. The van der Waals surface area contributed by atoms with Gasteiger partial charge >= 0.3 is 0 Å². The molecule has 1 aliphatic rings. The van der Waals surface area contributed by atoms with Crippen molar-refractivity contribution in [1.29, 1.82) is 0 Å². The summed E-state index contributed by atoms with van der Waals surface area (Å²) in [6.45, 7) is 2.35. The molecule has 76 valence electrons. The van der Waals surface area contributed by atoms with Gasteiger partial charge in [-0.25, -0.2) is 0 Å². The standard InChI is InChI=1S/C13H19P/c1-2-11-7-6-10-13(11)14-12-8-4-3-5-9-12/h3-5,8-9,11,13-14H,2,6-7,10H2,1H3/t11?,13-/m0/s1. The molecule has 1 aliphatic carbocycles. The summed E-state index contributed by atoms with van der Waals surface area (Å²) in [6.07, 6.45) is 5.78. The topological polar surface area (TPSA) is 0 Å². The quantitative estimate of drug-likeness (QED) is 0.663. The van der Waals surface area contributed by atoms with Crippen molar-refractivity contribution < 1.29 is 0 Å². The van der Waals surface area contributed by atoms with Gasteiger partial charge < -0.3 is 0 Å². The van der Waals surface area contributed by atoms with Crippen LogP contribution < -0.4 is 5.30 Å². The van der Waals surface area contributed by atoms with Crippen molar-refractivity contribution in [2.45, 2.75) is 38.3 Å². The van der Waals surface area contributed by atoms with Crippen molar-refractivity contribution in [2.24, 2.45) is 5.92 Å². The lowest BCUT2D eigenvalue weighted by molar-refractivity contribution is 0.540. The van der Waals surface area contributed by atoms with Gasteiger partial charge in [0.2, 0.25) is 0 Å². The summed E-state index contributed by atoms with van der Waals surface area (Å²) in [7, 11) is 1.05. The van der Waals surface area contributed by atoms with Gasteiger partial charge in [-0.3, -0.25) is 0 Å². The first-order chi connectivity index (χ1) is 6.90. The zero-order chi connectivity index (χ0) is 9.80. The molecule has 0 N–H and O–H groups in total. The number of rotatable bonds is 3. The zero-order valence-electron chi connectivity index (χ0n) is 8.87. The molecule has 1 saturated carbocycles. The van der Waals surface area contributed by atoms with Crippen molar-refractivity contribution in [2.75, 3.05) is 0 Å². The molecule has 0 aromatic heterocycles. The Labute approximate surface area is 88.9 Å². The summed E-state index contributed by atoms with van der Waals surface area (Å²) in [5.41, 5.74) is 0.988. The Kier molecular flexibility index (Phi) is 3.59. The molecule has 1 heteroatoms. The first kappa shape index (κ1) is 10.2. The first-order valence-corrected chi connectivity index (χ1v) is 6.79. The highest BCUT2D eigenvalue weighted by molar-refractivity contribution is 7.48. The lowest BCUT2D eigenvalue weighted by Gasteiger charge is -2.17. The predicted molar refractivity (Wildman–Crippen MR) is 65.8 cm³/mol. The van der Waals surface area contributed by atoms with Gasteiger partial charge in [0, 0.05) is 0 Å². The van der Waals surface area contributed by atoms with E-state index in [9.17, 15) is 0 Å². The molecule has 0 heterocycles. The Bertz CT molecular complexity index is 268. The van der Waals surface area contributed by atoms with Crippen LogP contribution in [0.25, 0.3) is 0 Å². The molecule has 0 radical (unpaired) electrons. The van der Waals surface area contributed by atoms with Gasteiger partial charge in [0.05, 0.1) is 0 Å². The molecule has 0 saturated heterocycles. The monoisotopic (exact) mass is 206 g/mol. The van der Waals surface area contributed by atoms with Crippen LogP contribution in [0.15, 0.2) is 30.3 Å². The molecule has 0 aliphatic heterocycles. The molecule has 1 aromatic rings. The van der Waals surface area contributed by atoms with Gasteiger partial charge in [-0.05, 0) is 29.7 Å². The Balaban J connectivity index is 1.97. The molecule has 0 bridgehead atoms. The second-order valence-electron chi connectivity index (χ2n) is 4.22. The maximum absolute atomic E-state index is 2.35. The van der Waals surface area contributed by atoms with Gasteiger partial charge in [0.1, 0.15) is 0 Å². The Morgan fingerprint density at radius 1 is 1.21 bits per heavy atom. The third kappa shape index (κ3) is 2.36. The van der Waals surface area contributed by atoms with Crippen molar-refractivity contribution in [3.63, 3.8) is 0 Å². The minimum absolute atomic E-state index is 0.988. The SMILES string of the molecule is CCC1CCC[C@@H]1Pc1ccccc1. The van der Waals surface area contributed by atoms with Gasteiger partial charge in [-0.2, -0.15) is 0 Å². The maximum atomic E-state index is 2.35. The lowest BCUT2D eigenvalue weighted by atomic mass is 10.1. The average Bonchev–Trinajstić information content (AvgIpc) is 2.67. The van der Waals surface area contributed by atoms with Gasteiger partial charge in [0.15, 0.2) is 0 Å². The molecule has 0 nitrogen and oxygen atoms in total. The highest BCUT2D eigenvalue weighted by Crippen LogP contribution is 2.39. The van der Waals surface area contributed by atoms with E-state index in [0.717, 1.165) is 20.2 Å². The van der Waals surface area contributed by atoms with Gasteiger partial charge in [-0.1, -0.05) is 58.7 Å². The molecular weight excluding hydrogens is 187 g/mol. The summed E-state index contributed by atoms with van der Waals surface area (Å²) in [6, 6.07) is 11.0. The normalized spacial score (nSPS) is 27.5. The fraction of sp³-hybridized carbons (Fsp3) is 0.538. The molecule has 1 aromatic carbocycles. The highest BCUT2D eigenvalue weighted by Gasteiger charge is 2.25. The predicted octanol–water partition coefficient (Wildman–Crippen LogP) is 3.57. The van der Waals surface area contributed by atoms with E-state index in [0.29, 0.717) is 0 Å². The molecule has 14 heavy (non-hydrogen) atoms. The van der Waals surface area contributed by atoms with E-state index in [1.807, 2.05) is 0 Å². The lowest BCUT2D eigenvalue weighted by Crippen LogP contribution is -2.11. The molecule has 0 spiro atoms. The van der Waals surface area contributed by atoms with Crippen molar-refractivity contribution >= 4 is 13.9 Å². The number of benzene rings is 1. The van der Waals surface area contributed by atoms with E-state index in [4.69, 9.17) is 0 Å². The van der Waals surface area contributed by atoms with Crippen LogP contribution in [0.1, 0.15) is 32.6 Å². The van der Waals surface area contributed by atoms with Crippen molar-refractivity contribution in [3.8, 4) is 0 Å². The van der Waals surface area contributed by atoms with Crippen LogP contribution in [-0.4, -0.2) is 5.66 Å². The highest BCUT2D eigenvalue weighted by atomic mass is 31.1. The van der Waals surface area contributed by atoms with E-state index in [2.05, 4.69) is 37.3 Å². The Hall–Kier alpha value is -0.350. The fourth-order valence-corrected chi connectivity index (χ4v) is 4.26. The van der Waals surface area contributed by atoms with E-state index in [-0.39, 0.29) is 0 Å². The average molecular weight is 206 g/mol. The van der Waals surface area contributed by atoms with Crippen LogP contribution in [0.3, 0.4) is 0 Å². The molecule has 0 amide bonds. The van der Waals surface area contributed by atoms with E-state index in [1.54, 1.807) is 5.30 Å². The van der Waals surface area contributed by atoms with Gasteiger partial charge in [-0.15, -0.1) is 0 Å². The van der Waals surface area contributed by atoms with E-state index >= 15 is 0 Å². The van der Waals surface area contributed by atoms with E-state index < -0.39 is 0 Å².